The van der Waals surface area contributed by atoms with Gasteiger partial charge in [0.15, 0.2) is 0 Å². The average molecular weight is 336 g/mol. The van der Waals surface area contributed by atoms with Gasteiger partial charge in [-0.2, -0.15) is 12.6 Å². The largest absolute Gasteiger partial charge is 0.481 e. The molecule has 4 fully saturated rings. The van der Waals surface area contributed by atoms with E-state index in [2.05, 4.69) is 6.92 Å². The van der Waals surface area contributed by atoms with Crippen LogP contribution < -0.4 is 0 Å². The van der Waals surface area contributed by atoms with Gasteiger partial charge < -0.3 is 5.11 Å². The number of carbonyl (C=O) groups is 2. The number of thiol groups is 1. The number of Topliss-reactive ketones (excluding diaryl/α,β-unsaturated/α-hetero) is 1. The summed E-state index contributed by atoms with van der Waals surface area (Å²) in [5.41, 5.74) is -0.650. The summed E-state index contributed by atoms with van der Waals surface area (Å²) >= 11 is 5.22. The molecule has 6 atom stereocenters. The molecule has 4 aliphatic rings. The second-order valence-corrected chi connectivity index (χ2v) is 10.3. The van der Waals surface area contributed by atoms with Gasteiger partial charge in [-0.05, 0) is 69.1 Å². The number of ketones is 1. The van der Waals surface area contributed by atoms with Crippen molar-refractivity contribution in [3.8, 4) is 0 Å². The zero-order chi connectivity index (χ0) is 16.7. The number of hydrogen-bond acceptors (Lipinski definition) is 3. The van der Waals surface area contributed by atoms with Gasteiger partial charge in [-0.15, -0.1) is 0 Å². The van der Waals surface area contributed by atoms with Crippen molar-refractivity contribution in [3.63, 3.8) is 0 Å². The molecule has 0 aliphatic heterocycles. The number of rotatable bonds is 1. The summed E-state index contributed by atoms with van der Waals surface area (Å²) in [4.78, 5) is 24.6. The molecule has 4 aliphatic carbocycles. The predicted molar refractivity (Wildman–Crippen MR) is 91.5 cm³/mol. The lowest BCUT2D eigenvalue weighted by atomic mass is 9.45. The fraction of sp³-hybridized carbons (Fsp3) is 0.895. The van der Waals surface area contributed by atoms with Crippen LogP contribution in [0.5, 0.6) is 0 Å². The molecule has 0 aromatic carbocycles. The Morgan fingerprint density at radius 2 is 1.83 bits per heavy atom. The van der Waals surface area contributed by atoms with E-state index in [9.17, 15) is 14.7 Å². The number of hydrogen-bond donors (Lipinski definition) is 2. The van der Waals surface area contributed by atoms with Crippen molar-refractivity contribution in [1.82, 2.24) is 0 Å². The lowest BCUT2D eigenvalue weighted by molar-refractivity contribution is -0.161. The second kappa shape index (κ2) is 4.56. The summed E-state index contributed by atoms with van der Waals surface area (Å²) in [6, 6.07) is 0. The molecule has 1 spiro atoms. The van der Waals surface area contributed by atoms with E-state index in [1.165, 1.54) is 0 Å². The first-order chi connectivity index (χ1) is 10.7. The highest BCUT2D eigenvalue weighted by atomic mass is 32.1. The molecule has 4 saturated carbocycles. The van der Waals surface area contributed by atoms with Gasteiger partial charge in [0.25, 0.3) is 0 Å². The van der Waals surface area contributed by atoms with Gasteiger partial charge in [0.1, 0.15) is 5.78 Å². The lowest BCUT2D eigenvalue weighted by Gasteiger charge is -2.62. The van der Waals surface area contributed by atoms with Gasteiger partial charge >= 0.3 is 5.97 Å². The van der Waals surface area contributed by atoms with Crippen LogP contribution in [-0.2, 0) is 9.59 Å². The van der Waals surface area contributed by atoms with Crippen LogP contribution in [-0.4, -0.2) is 21.6 Å². The molecule has 0 heterocycles. The van der Waals surface area contributed by atoms with E-state index in [4.69, 9.17) is 12.6 Å². The van der Waals surface area contributed by atoms with Crippen LogP contribution in [0.3, 0.4) is 0 Å². The quantitative estimate of drug-likeness (QED) is 0.709. The van der Waals surface area contributed by atoms with E-state index in [0.717, 1.165) is 51.4 Å². The van der Waals surface area contributed by atoms with E-state index in [-0.39, 0.29) is 21.5 Å². The molecule has 1 N–H and O–H groups in total. The first kappa shape index (κ1) is 16.0. The number of carboxylic acids is 1. The molecule has 0 unspecified atom stereocenters. The minimum absolute atomic E-state index is 0.110. The monoisotopic (exact) mass is 336 g/mol. The maximum atomic E-state index is 12.6. The summed E-state index contributed by atoms with van der Waals surface area (Å²) in [6.45, 7) is 4.09. The smallest absolute Gasteiger partial charge is 0.309 e. The van der Waals surface area contributed by atoms with Crippen LogP contribution in [0.2, 0.25) is 0 Å². The number of carboxylic acid groups (broad SMARTS) is 1. The second-order valence-electron chi connectivity index (χ2n) is 9.45. The molecule has 4 rings (SSSR count). The van der Waals surface area contributed by atoms with Crippen LogP contribution in [0.25, 0.3) is 0 Å². The summed E-state index contributed by atoms with van der Waals surface area (Å²) in [7, 11) is 0. The van der Waals surface area contributed by atoms with Crippen LogP contribution in [0.15, 0.2) is 0 Å². The summed E-state index contributed by atoms with van der Waals surface area (Å²) in [5, 5.41) is 9.87. The highest BCUT2D eigenvalue weighted by Gasteiger charge is 2.68. The van der Waals surface area contributed by atoms with Crippen LogP contribution in [0, 0.1) is 28.1 Å². The molecule has 0 radical (unpaired) electrons. The van der Waals surface area contributed by atoms with Gasteiger partial charge in [-0.3, -0.25) is 9.59 Å². The van der Waals surface area contributed by atoms with E-state index in [0.29, 0.717) is 18.1 Å². The molecule has 0 amide bonds. The molecule has 4 heteroatoms. The maximum absolute atomic E-state index is 12.6. The minimum Gasteiger partial charge on any atom is -0.481 e. The Kier molecular flexibility index (Phi) is 3.17. The van der Waals surface area contributed by atoms with Crippen LogP contribution in [0.1, 0.15) is 71.6 Å². The fourth-order valence-corrected chi connectivity index (χ4v) is 8.13. The maximum Gasteiger partial charge on any atom is 0.309 e. The Morgan fingerprint density at radius 1 is 1.13 bits per heavy atom. The van der Waals surface area contributed by atoms with Gasteiger partial charge in [-0.25, -0.2) is 0 Å². The van der Waals surface area contributed by atoms with Gasteiger partial charge in [0.05, 0.1) is 5.41 Å². The van der Waals surface area contributed by atoms with Gasteiger partial charge in [0, 0.05) is 16.6 Å². The van der Waals surface area contributed by atoms with Crippen molar-refractivity contribution >= 4 is 24.4 Å². The minimum atomic E-state index is -0.653. The summed E-state index contributed by atoms with van der Waals surface area (Å²) in [6.07, 6.45) is 8.43. The van der Waals surface area contributed by atoms with Crippen molar-refractivity contribution in [1.29, 1.82) is 0 Å². The standard InChI is InChI=1S/C19H28O3S/c1-16-8-4-13-18(11-16,10-14(16)20)9-5-12-17(2,15(21)22)6-3-7-19(12,13)23/h12-13,23H,3-11H2,1-2H3,(H,21,22)/t12-,13-,16-,17-,18-,19+/m1/s1. The molecule has 2 bridgehead atoms. The van der Waals surface area contributed by atoms with Crippen molar-refractivity contribution in [2.45, 2.75) is 76.4 Å². The van der Waals surface area contributed by atoms with E-state index < -0.39 is 11.4 Å². The zero-order valence-corrected chi connectivity index (χ0v) is 15.1. The molecule has 3 nitrogen and oxygen atoms in total. The number of fused-ring (bicyclic) bond motifs is 3. The molecule has 0 saturated heterocycles. The summed E-state index contributed by atoms with van der Waals surface area (Å²) in [5.74, 6) is 0.350. The first-order valence-electron chi connectivity index (χ1n) is 9.16. The Morgan fingerprint density at radius 3 is 2.52 bits per heavy atom. The molecular formula is C19H28O3S. The van der Waals surface area contributed by atoms with E-state index in [1.54, 1.807) is 0 Å². The van der Waals surface area contributed by atoms with Gasteiger partial charge in [0.2, 0.25) is 0 Å². The van der Waals surface area contributed by atoms with Crippen molar-refractivity contribution < 1.29 is 14.7 Å². The third kappa shape index (κ3) is 1.85. The van der Waals surface area contributed by atoms with Crippen molar-refractivity contribution in [3.05, 3.63) is 0 Å². The molecule has 23 heavy (non-hydrogen) atoms. The lowest BCUT2D eigenvalue weighted by Crippen LogP contribution is -2.61. The molecular weight excluding hydrogens is 308 g/mol. The number of carbonyl (C=O) groups excluding carboxylic acids is 1. The molecule has 0 aromatic heterocycles. The fourth-order valence-electron chi connectivity index (χ4n) is 7.16. The number of aliphatic carboxylic acids is 1. The third-order valence-electron chi connectivity index (χ3n) is 8.32. The topological polar surface area (TPSA) is 54.4 Å². The van der Waals surface area contributed by atoms with E-state index >= 15 is 0 Å². The Hall–Kier alpha value is -0.510. The highest BCUT2D eigenvalue weighted by molar-refractivity contribution is 7.81. The van der Waals surface area contributed by atoms with Crippen molar-refractivity contribution in [2.24, 2.45) is 28.1 Å². The Labute approximate surface area is 144 Å². The van der Waals surface area contributed by atoms with E-state index in [1.807, 2.05) is 6.92 Å². The molecule has 0 aromatic rings. The highest BCUT2D eigenvalue weighted by Crippen LogP contribution is 2.71. The zero-order valence-electron chi connectivity index (χ0n) is 14.2. The summed E-state index contributed by atoms with van der Waals surface area (Å²) < 4.78 is -0.199. The average Bonchev–Trinajstić information content (AvgIpc) is 2.63. The SMILES string of the molecule is C[C@]12CC[C@@H]3[C@](CC[C@H]4[C@@]3(S)CCC[C@@]4(C)C(=O)O)(CC1=O)C2. The van der Waals surface area contributed by atoms with Crippen LogP contribution >= 0.6 is 12.6 Å². The first-order valence-corrected chi connectivity index (χ1v) is 9.60. The van der Waals surface area contributed by atoms with Crippen LogP contribution in [0.4, 0.5) is 0 Å². The predicted octanol–water partition coefficient (Wildman–Crippen LogP) is 4.11. The van der Waals surface area contributed by atoms with Crippen molar-refractivity contribution in [2.75, 3.05) is 0 Å². The Balaban J connectivity index is 1.76. The normalized spacial score (nSPS) is 55.2. The Bertz CT molecular complexity index is 589. The third-order valence-corrected chi connectivity index (χ3v) is 9.17. The van der Waals surface area contributed by atoms with Gasteiger partial charge in [-0.1, -0.05) is 13.3 Å². The molecule has 128 valence electrons.